The fourth-order valence-electron chi connectivity index (χ4n) is 0.580. The molecule has 0 aromatic carbocycles. The lowest BCUT2D eigenvalue weighted by Gasteiger charge is -2.07. The van der Waals surface area contributed by atoms with Crippen molar-refractivity contribution in [2.24, 2.45) is 11.5 Å². The third-order valence-electron chi connectivity index (χ3n) is 1.36. The molecule has 0 aromatic heterocycles. The summed E-state index contributed by atoms with van der Waals surface area (Å²) in [5.41, 5.74) is 10.1. The topological polar surface area (TPSA) is 142 Å². The molecule has 0 heterocycles. The summed E-state index contributed by atoms with van der Waals surface area (Å²) in [7, 11) is 0. The third kappa shape index (κ3) is 6.41. The Morgan fingerprint density at radius 1 is 1.27 bits per heavy atom. The second-order valence-electron chi connectivity index (χ2n) is 2.60. The highest BCUT2D eigenvalue weighted by Gasteiger charge is 2.18. The van der Waals surface area contributed by atoms with E-state index in [1.54, 1.807) is 0 Å². The van der Waals surface area contributed by atoms with Crippen LogP contribution in [0, 0.1) is 0 Å². The van der Waals surface area contributed by atoms with Crippen LogP contribution in [0.5, 0.6) is 0 Å². The van der Waals surface area contributed by atoms with Gasteiger partial charge in [0.15, 0.2) is 0 Å². The maximum Gasteiger partial charge on any atom is 0.372 e. The molecule has 1 unspecified atom stereocenters. The van der Waals surface area contributed by atoms with Crippen LogP contribution in [0.25, 0.3) is 0 Å². The highest BCUT2D eigenvalue weighted by Crippen LogP contribution is 1.97. The quantitative estimate of drug-likeness (QED) is 0.361. The molecule has 0 amide bonds. The van der Waals surface area contributed by atoms with Gasteiger partial charge in [-0.2, -0.15) is 0 Å². The average Bonchev–Trinajstić information content (AvgIpc) is 2.21. The molecule has 0 rings (SSSR count). The summed E-state index contributed by atoms with van der Waals surface area (Å²) in [5, 5.41) is 8.29. The van der Waals surface area contributed by atoms with Gasteiger partial charge in [0.05, 0.1) is 6.54 Å². The number of carbonyl (C=O) groups excluding carboxylic acids is 2. The van der Waals surface area contributed by atoms with Crippen LogP contribution in [0.1, 0.15) is 12.8 Å². The Hall–Kier alpha value is -1.67. The van der Waals surface area contributed by atoms with E-state index in [-0.39, 0.29) is 12.8 Å². The Bertz CT molecular complexity index is 254. The minimum Gasteiger partial charge on any atom is -0.481 e. The second kappa shape index (κ2) is 6.74. The minimum atomic E-state index is -1.15. The Kier molecular flexibility index (Phi) is 5.99. The monoisotopic (exact) mass is 220 g/mol. The molecule has 1 atom stereocenters. The van der Waals surface area contributed by atoms with E-state index in [1.807, 2.05) is 0 Å². The van der Waals surface area contributed by atoms with Gasteiger partial charge in [-0.1, -0.05) is 0 Å². The highest BCUT2D eigenvalue weighted by atomic mass is 17.2. The van der Waals surface area contributed by atoms with Crippen LogP contribution in [0.4, 0.5) is 0 Å². The van der Waals surface area contributed by atoms with Crippen molar-refractivity contribution in [1.29, 1.82) is 0 Å². The largest absolute Gasteiger partial charge is 0.481 e. The van der Waals surface area contributed by atoms with Crippen LogP contribution < -0.4 is 11.5 Å². The Morgan fingerprint density at radius 3 is 2.33 bits per heavy atom. The van der Waals surface area contributed by atoms with Crippen LogP contribution in [-0.2, 0) is 24.2 Å². The molecule has 0 saturated heterocycles. The smallest absolute Gasteiger partial charge is 0.372 e. The number of carboxylic acids is 1. The number of nitrogens with two attached hydrogens (primary N) is 2. The molecule has 5 N–H and O–H groups in total. The average molecular weight is 220 g/mol. The molecule has 0 saturated carbocycles. The van der Waals surface area contributed by atoms with Gasteiger partial charge in [-0.05, 0) is 6.42 Å². The van der Waals surface area contributed by atoms with Crippen molar-refractivity contribution in [2.75, 3.05) is 6.54 Å². The number of hydrogen-bond acceptors (Lipinski definition) is 7. The standard InChI is InChI=1S/C7H12N2O6/c8-3-6(12)14-15-7(13)4(9)1-2-5(10)11/h4H,1-3,8-9H2,(H,10,11). The lowest BCUT2D eigenvalue weighted by Crippen LogP contribution is -2.34. The van der Waals surface area contributed by atoms with E-state index in [4.69, 9.17) is 16.6 Å². The molecule has 0 radical (unpaired) electrons. The number of rotatable bonds is 5. The van der Waals surface area contributed by atoms with Crippen LogP contribution in [0.2, 0.25) is 0 Å². The Balaban J connectivity index is 3.79. The highest BCUT2D eigenvalue weighted by molar-refractivity contribution is 5.78. The molecular formula is C7H12N2O6. The minimum absolute atomic E-state index is 0.103. The van der Waals surface area contributed by atoms with Gasteiger partial charge in [-0.3, -0.25) is 4.79 Å². The van der Waals surface area contributed by atoms with Gasteiger partial charge in [0.25, 0.3) is 0 Å². The summed E-state index contributed by atoms with van der Waals surface area (Å²) < 4.78 is 0. The van der Waals surface area contributed by atoms with Gasteiger partial charge >= 0.3 is 17.9 Å². The van der Waals surface area contributed by atoms with E-state index < -0.39 is 30.5 Å². The fraction of sp³-hybridized carbons (Fsp3) is 0.571. The number of aliphatic carboxylic acids is 1. The first-order chi connectivity index (χ1) is 6.97. The SMILES string of the molecule is NCC(=O)OOC(=O)C(N)CCC(=O)O. The molecule has 0 spiro atoms. The lowest BCUT2D eigenvalue weighted by molar-refractivity contribution is -0.258. The van der Waals surface area contributed by atoms with Gasteiger partial charge in [-0.25, -0.2) is 19.4 Å². The van der Waals surface area contributed by atoms with Gasteiger partial charge in [0.1, 0.15) is 6.04 Å². The predicted molar refractivity (Wildman–Crippen MR) is 46.1 cm³/mol. The van der Waals surface area contributed by atoms with E-state index in [9.17, 15) is 14.4 Å². The number of hydrogen-bond donors (Lipinski definition) is 3. The second-order valence-corrected chi connectivity index (χ2v) is 2.60. The molecule has 8 nitrogen and oxygen atoms in total. The Morgan fingerprint density at radius 2 is 1.87 bits per heavy atom. The third-order valence-corrected chi connectivity index (χ3v) is 1.36. The van der Waals surface area contributed by atoms with Crippen LogP contribution in [-0.4, -0.2) is 35.6 Å². The summed E-state index contributed by atoms with van der Waals surface area (Å²) in [6.45, 7) is -0.433. The van der Waals surface area contributed by atoms with Crippen molar-refractivity contribution in [3.8, 4) is 0 Å². The molecule has 0 aliphatic rings. The summed E-state index contributed by atoms with van der Waals surface area (Å²) >= 11 is 0. The van der Waals surface area contributed by atoms with Gasteiger partial charge in [0, 0.05) is 6.42 Å². The predicted octanol–water partition coefficient (Wildman–Crippen LogP) is -1.86. The van der Waals surface area contributed by atoms with Crippen LogP contribution in [0.15, 0.2) is 0 Å². The molecule has 0 bridgehead atoms. The Labute approximate surface area is 85.0 Å². The van der Waals surface area contributed by atoms with Crippen molar-refractivity contribution in [3.05, 3.63) is 0 Å². The van der Waals surface area contributed by atoms with E-state index in [1.165, 1.54) is 0 Å². The molecule has 15 heavy (non-hydrogen) atoms. The van der Waals surface area contributed by atoms with Gasteiger partial charge in [0.2, 0.25) is 0 Å². The number of carboxylic acid groups (broad SMARTS) is 1. The maximum absolute atomic E-state index is 10.9. The summed E-state index contributed by atoms with van der Waals surface area (Å²) in [6, 6.07) is -1.15. The van der Waals surface area contributed by atoms with Crippen LogP contribution in [0.3, 0.4) is 0 Å². The molecule has 0 fully saturated rings. The normalized spacial score (nSPS) is 11.6. The first-order valence-electron chi connectivity index (χ1n) is 4.06. The van der Waals surface area contributed by atoms with Gasteiger partial charge < -0.3 is 16.6 Å². The van der Waals surface area contributed by atoms with E-state index >= 15 is 0 Å². The van der Waals surface area contributed by atoms with Gasteiger partial charge in [-0.15, -0.1) is 0 Å². The first-order valence-corrected chi connectivity index (χ1v) is 4.06. The number of carbonyl (C=O) groups is 3. The van der Waals surface area contributed by atoms with E-state index in [0.717, 1.165) is 0 Å². The zero-order valence-corrected chi connectivity index (χ0v) is 7.84. The lowest BCUT2D eigenvalue weighted by atomic mass is 10.2. The summed E-state index contributed by atoms with van der Waals surface area (Å²) in [4.78, 5) is 39.4. The molecular weight excluding hydrogens is 208 g/mol. The molecule has 0 aromatic rings. The fourth-order valence-corrected chi connectivity index (χ4v) is 0.580. The van der Waals surface area contributed by atoms with E-state index in [0.29, 0.717) is 0 Å². The molecule has 0 aliphatic carbocycles. The summed E-state index contributed by atoms with van der Waals surface area (Å²) in [6.07, 6.45) is -0.380. The zero-order valence-electron chi connectivity index (χ0n) is 7.84. The molecule has 8 heteroatoms. The zero-order chi connectivity index (χ0) is 11.8. The van der Waals surface area contributed by atoms with Crippen LogP contribution >= 0.6 is 0 Å². The maximum atomic E-state index is 10.9. The van der Waals surface area contributed by atoms with Crippen molar-refractivity contribution in [3.63, 3.8) is 0 Å². The van der Waals surface area contributed by atoms with Crippen molar-refractivity contribution >= 4 is 17.9 Å². The molecule has 0 aliphatic heterocycles. The van der Waals surface area contributed by atoms with E-state index in [2.05, 4.69) is 9.78 Å². The van der Waals surface area contributed by atoms with Crippen molar-refractivity contribution < 1.29 is 29.3 Å². The molecule has 86 valence electrons. The van der Waals surface area contributed by atoms with Crippen molar-refractivity contribution in [1.82, 2.24) is 0 Å². The first kappa shape index (κ1) is 13.3. The van der Waals surface area contributed by atoms with Crippen molar-refractivity contribution in [2.45, 2.75) is 18.9 Å². The summed E-state index contributed by atoms with van der Waals surface area (Å²) in [5.74, 6) is -3.02.